The van der Waals surface area contributed by atoms with Crippen molar-refractivity contribution in [3.05, 3.63) is 58.1 Å². The highest BCUT2D eigenvalue weighted by molar-refractivity contribution is 6.35. The number of piperazine rings is 1. The standard InChI is InChI=1S/C18H19Cl2N3O/c1-13-3-2-4-17(9-13)22-5-7-23(8-6-22)18(24)21-16-11-14(19)10-15(20)12-16/h2-4,9-12H,5-8H2,1H3,(H,21,24). The maximum atomic E-state index is 12.4. The van der Waals surface area contributed by atoms with Gasteiger partial charge in [0, 0.05) is 47.6 Å². The number of halogens is 2. The highest BCUT2D eigenvalue weighted by atomic mass is 35.5. The van der Waals surface area contributed by atoms with Crippen LogP contribution in [0, 0.1) is 6.92 Å². The minimum Gasteiger partial charge on any atom is -0.368 e. The number of carbonyl (C=O) groups is 1. The Hall–Kier alpha value is -1.91. The van der Waals surface area contributed by atoms with Crippen molar-refractivity contribution in [1.29, 1.82) is 0 Å². The van der Waals surface area contributed by atoms with Crippen LogP contribution in [-0.4, -0.2) is 37.1 Å². The zero-order chi connectivity index (χ0) is 17.1. The molecule has 0 bridgehead atoms. The summed E-state index contributed by atoms with van der Waals surface area (Å²) in [6, 6.07) is 13.3. The molecule has 1 fully saturated rings. The van der Waals surface area contributed by atoms with Gasteiger partial charge in [0.05, 0.1) is 0 Å². The average molecular weight is 364 g/mol. The first-order chi connectivity index (χ1) is 11.5. The van der Waals surface area contributed by atoms with E-state index in [-0.39, 0.29) is 6.03 Å². The van der Waals surface area contributed by atoms with E-state index in [1.54, 1.807) is 23.1 Å². The number of aryl methyl sites for hydroxylation is 1. The van der Waals surface area contributed by atoms with Crippen molar-refractivity contribution in [1.82, 2.24) is 4.90 Å². The fourth-order valence-electron chi connectivity index (χ4n) is 2.82. The molecule has 1 heterocycles. The van der Waals surface area contributed by atoms with Crippen LogP contribution in [0.2, 0.25) is 10.0 Å². The molecule has 4 nitrogen and oxygen atoms in total. The normalized spacial score (nSPS) is 14.6. The second-order valence-corrected chi connectivity index (χ2v) is 6.77. The molecular formula is C18H19Cl2N3O. The molecule has 2 amide bonds. The van der Waals surface area contributed by atoms with Gasteiger partial charge in [-0.25, -0.2) is 4.79 Å². The van der Waals surface area contributed by atoms with Crippen LogP contribution in [0.1, 0.15) is 5.56 Å². The molecule has 0 atom stereocenters. The summed E-state index contributed by atoms with van der Waals surface area (Å²) in [7, 11) is 0. The Morgan fingerprint density at radius 3 is 2.29 bits per heavy atom. The third-order valence-electron chi connectivity index (χ3n) is 4.05. The third kappa shape index (κ3) is 4.13. The van der Waals surface area contributed by atoms with Gasteiger partial charge in [0.1, 0.15) is 0 Å². The van der Waals surface area contributed by atoms with Crippen molar-refractivity contribution in [2.24, 2.45) is 0 Å². The number of urea groups is 1. The van der Waals surface area contributed by atoms with Crippen LogP contribution in [0.3, 0.4) is 0 Å². The summed E-state index contributed by atoms with van der Waals surface area (Å²) in [6.45, 7) is 5.06. The first kappa shape index (κ1) is 16.9. The van der Waals surface area contributed by atoms with Crippen LogP contribution in [0.15, 0.2) is 42.5 Å². The Kier molecular flexibility index (Phi) is 5.17. The van der Waals surface area contributed by atoms with Crippen LogP contribution in [0.25, 0.3) is 0 Å². The van der Waals surface area contributed by atoms with Crippen LogP contribution < -0.4 is 10.2 Å². The summed E-state index contributed by atoms with van der Waals surface area (Å²) in [5.41, 5.74) is 3.06. The number of hydrogen-bond donors (Lipinski definition) is 1. The number of amides is 2. The fraction of sp³-hybridized carbons (Fsp3) is 0.278. The van der Waals surface area contributed by atoms with Crippen LogP contribution >= 0.6 is 23.2 Å². The quantitative estimate of drug-likeness (QED) is 0.842. The van der Waals surface area contributed by atoms with Gasteiger partial charge < -0.3 is 15.1 Å². The van der Waals surface area contributed by atoms with Gasteiger partial charge in [0.2, 0.25) is 0 Å². The lowest BCUT2D eigenvalue weighted by atomic mass is 10.2. The molecule has 6 heteroatoms. The minimum absolute atomic E-state index is 0.128. The lowest BCUT2D eigenvalue weighted by Gasteiger charge is -2.36. The van der Waals surface area contributed by atoms with E-state index in [2.05, 4.69) is 41.4 Å². The molecule has 1 N–H and O–H groups in total. The first-order valence-corrected chi connectivity index (χ1v) is 8.60. The number of anilines is 2. The fourth-order valence-corrected chi connectivity index (χ4v) is 3.35. The van der Waals surface area contributed by atoms with Crippen LogP contribution in [-0.2, 0) is 0 Å². The van der Waals surface area contributed by atoms with E-state index in [4.69, 9.17) is 23.2 Å². The van der Waals surface area contributed by atoms with Crippen molar-refractivity contribution in [3.63, 3.8) is 0 Å². The minimum atomic E-state index is -0.128. The summed E-state index contributed by atoms with van der Waals surface area (Å²) in [4.78, 5) is 16.5. The zero-order valence-electron chi connectivity index (χ0n) is 13.4. The summed E-state index contributed by atoms with van der Waals surface area (Å²) < 4.78 is 0. The average Bonchev–Trinajstić information content (AvgIpc) is 2.54. The molecule has 3 rings (SSSR count). The first-order valence-electron chi connectivity index (χ1n) is 7.85. The number of benzene rings is 2. The molecule has 0 unspecified atom stereocenters. The molecule has 24 heavy (non-hydrogen) atoms. The number of rotatable bonds is 2. The van der Waals surface area contributed by atoms with Gasteiger partial charge >= 0.3 is 6.03 Å². The van der Waals surface area contributed by atoms with Gasteiger partial charge in [0.15, 0.2) is 0 Å². The summed E-state index contributed by atoms with van der Waals surface area (Å²) in [5.74, 6) is 0. The molecule has 0 radical (unpaired) electrons. The Labute approximate surface area is 152 Å². The van der Waals surface area contributed by atoms with Gasteiger partial charge in [-0.05, 0) is 42.8 Å². The SMILES string of the molecule is Cc1cccc(N2CCN(C(=O)Nc3cc(Cl)cc(Cl)c3)CC2)c1. The maximum absolute atomic E-state index is 12.4. The summed E-state index contributed by atoms with van der Waals surface area (Å²) >= 11 is 11.9. The van der Waals surface area contributed by atoms with Crippen molar-refractivity contribution < 1.29 is 4.79 Å². The Balaban J connectivity index is 1.59. The van der Waals surface area contributed by atoms with Crippen LogP contribution in [0.4, 0.5) is 16.2 Å². The van der Waals surface area contributed by atoms with Crippen molar-refractivity contribution in [3.8, 4) is 0 Å². The number of nitrogens with one attached hydrogen (secondary N) is 1. The molecule has 0 saturated carbocycles. The molecule has 2 aromatic carbocycles. The molecule has 1 aliphatic rings. The molecule has 1 aliphatic heterocycles. The molecule has 2 aromatic rings. The van der Waals surface area contributed by atoms with Gasteiger partial charge in [-0.3, -0.25) is 0 Å². The monoisotopic (exact) mass is 363 g/mol. The molecule has 0 spiro atoms. The van der Waals surface area contributed by atoms with E-state index in [0.717, 1.165) is 13.1 Å². The second-order valence-electron chi connectivity index (χ2n) is 5.90. The van der Waals surface area contributed by atoms with Gasteiger partial charge in [-0.15, -0.1) is 0 Å². The molecular weight excluding hydrogens is 345 g/mol. The van der Waals surface area contributed by atoms with Crippen LogP contribution in [0.5, 0.6) is 0 Å². The maximum Gasteiger partial charge on any atom is 0.321 e. The van der Waals surface area contributed by atoms with Crippen molar-refractivity contribution in [2.75, 3.05) is 36.4 Å². The Morgan fingerprint density at radius 1 is 1.00 bits per heavy atom. The summed E-state index contributed by atoms with van der Waals surface area (Å²) in [5, 5.41) is 3.86. The molecule has 126 valence electrons. The van der Waals surface area contributed by atoms with E-state index in [1.165, 1.54) is 11.3 Å². The van der Waals surface area contributed by atoms with Crippen molar-refractivity contribution in [2.45, 2.75) is 6.92 Å². The molecule has 1 saturated heterocycles. The largest absolute Gasteiger partial charge is 0.368 e. The Morgan fingerprint density at radius 2 is 1.67 bits per heavy atom. The highest BCUT2D eigenvalue weighted by Crippen LogP contribution is 2.23. The Bertz CT molecular complexity index is 723. The predicted molar refractivity (Wildman–Crippen MR) is 100 cm³/mol. The lowest BCUT2D eigenvalue weighted by molar-refractivity contribution is 0.208. The van der Waals surface area contributed by atoms with E-state index in [1.807, 2.05) is 0 Å². The third-order valence-corrected chi connectivity index (χ3v) is 4.48. The molecule has 0 aromatic heterocycles. The van der Waals surface area contributed by atoms with E-state index in [0.29, 0.717) is 28.8 Å². The predicted octanol–water partition coefficient (Wildman–Crippen LogP) is 4.66. The lowest BCUT2D eigenvalue weighted by Crippen LogP contribution is -2.50. The smallest absolute Gasteiger partial charge is 0.321 e. The number of nitrogens with zero attached hydrogens (tertiary/aromatic N) is 2. The highest BCUT2D eigenvalue weighted by Gasteiger charge is 2.21. The summed E-state index contributed by atoms with van der Waals surface area (Å²) in [6.07, 6.45) is 0. The van der Waals surface area contributed by atoms with E-state index >= 15 is 0 Å². The van der Waals surface area contributed by atoms with Gasteiger partial charge in [-0.1, -0.05) is 35.3 Å². The zero-order valence-corrected chi connectivity index (χ0v) is 14.9. The van der Waals surface area contributed by atoms with E-state index in [9.17, 15) is 4.79 Å². The second kappa shape index (κ2) is 7.32. The topological polar surface area (TPSA) is 35.6 Å². The number of carbonyl (C=O) groups excluding carboxylic acids is 1. The molecule has 0 aliphatic carbocycles. The van der Waals surface area contributed by atoms with Gasteiger partial charge in [0.25, 0.3) is 0 Å². The van der Waals surface area contributed by atoms with Crippen molar-refractivity contribution >= 4 is 40.6 Å². The van der Waals surface area contributed by atoms with E-state index < -0.39 is 0 Å². The number of hydrogen-bond acceptors (Lipinski definition) is 2. The van der Waals surface area contributed by atoms with Gasteiger partial charge in [-0.2, -0.15) is 0 Å².